The Hall–Kier alpha value is -2.07. The molecular weight excluding hydrogens is 298 g/mol. The molecule has 1 amide bonds. The van der Waals surface area contributed by atoms with Crippen molar-refractivity contribution in [2.75, 3.05) is 23.8 Å². The van der Waals surface area contributed by atoms with E-state index in [1.807, 2.05) is 24.3 Å². The number of aromatic nitrogens is 1. The summed E-state index contributed by atoms with van der Waals surface area (Å²) in [6, 6.07) is 10.9. The molecular formula is C17H20ClN3O. The van der Waals surface area contributed by atoms with Gasteiger partial charge in [-0.05, 0) is 42.8 Å². The van der Waals surface area contributed by atoms with Crippen LogP contribution < -0.4 is 10.2 Å². The molecule has 1 N–H and O–H groups in total. The molecule has 22 heavy (non-hydrogen) atoms. The number of benzene rings is 1. The Balaban J connectivity index is 2.00. The minimum atomic E-state index is -0.160. The third kappa shape index (κ3) is 4.46. The van der Waals surface area contributed by atoms with Crippen molar-refractivity contribution in [3.05, 3.63) is 53.3 Å². The lowest BCUT2D eigenvalue weighted by atomic mass is 10.1. The third-order valence-corrected chi connectivity index (χ3v) is 3.63. The van der Waals surface area contributed by atoms with Gasteiger partial charge in [-0.25, -0.2) is 4.98 Å². The molecule has 0 aliphatic rings. The van der Waals surface area contributed by atoms with Crippen LogP contribution in [0.1, 0.15) is 30.1 Å². The van der Waals surface area contributed by atoms with E-state index in [0.29, 0.717) is 16.4 Å². The average Bonchev–Trinajstić information content (AvgIpc) is 2.55. The number of rotatable bonds is 6. The molecule has 0 radical (unpaired) electrons. The summed E-state index contributed by atoms with van der Waals surface area (Å²) in [6.07, 6.45) is 3.86. The van der Waals surface area contributed by atoms with E-state index in [1.165, 1.54) is 12.6 Å². The summed E-state index contributed by atoms with van der Waals surface area (Å²) in [5.74, 6) is -0.160. The fourth-order valence-corrected chi connectivity index (χ4v) is 2.16. The summed E-state index contributed by atoms with van der Waals surface area (Å²) in [7, 11) is 2.06. The van der Waals surface area contributed by atoms with Crippen molar-refractivity contribution in [2.45, 2.75) is 19.8 Å². The Morgan fingerprint density at radius 3 is 2.55 bits per heavy atom. The molecule has 5 heteroatoms. The molecule has 116 valence electrons. The lowest BCUT2D eigenvalue weighted by molar-refractivity contribution is 0.102. The number of nitrogens with one attached hydrogen (secondary N) is 1. The van der Waals surface area contributed by atoms with Crippen LogP contribution in [0.25, 0.3) is 0 Å². The van der Waals surface area contributed by atoms with Gasteiger partial charge in [0.2, 0.25) is 0 Å². The average molecular weight is 318 g/mol. The quantitative estimate of drug-likeness (QED) is 0.811. The van der Waals surface area contributed by atoms with Gasteiger partial charge in [0, 0.05) is 24.8 Å². The topological polar surface area (TPSA) is 45.2 Å². The van der Waals surface area contributed by atoms with Gasteiger partial charge in [-0.15, -0.1) is 0 Å². The molecule has 1 aromatic carbocycles. The van der Waals surface area contributed by atoms with Crippen LogP contribution in [-0.4, -0.2) is 24.5 Å². The molecule has 0 fully saturated rings. The van der Waals surface area contributed by atoms with Crippen LogP contribution in [0.2, 0.25) is 5.15 Å². The predicted molar refractivity (Wildman–Crippen MR) is 91.8 cm³/mol. The van der Waals surface area contributed by atoms with Gasteiger partial charge in [-0.2, -0.15) is 0 Å². The van der Waals surface area contributed by atoms with Crippen molar-refractivity contribution >= 4 is 28.9 Å². The van der Waals surface area contributed by atoms with Crippen LogP contribution in [0.15, 0.2) is 42.6 Å². The minimum Gasteiger partial charge on any atom is -0.375 e. The van der Waals surface area contributed by atoms with Gasteiger partial charge in [0.15, 0.2) is 0 Å². The molecule has 0 saturated heterocycles. The molecule has 0 spiro atoms. The zero-order chi connectivity index (χ0) is 15.9. The monoisotopic (exact) mass is 317 g/mol. The van der Waals surface area contributed by atoms with Gasteiger partial charge in [-0.1, -0.05) is 24.9 Å². The van der Waals surface area contributed by atoms with E-state index in [2.05, 4.69) is 29.2 Å². The Bertz CT molecular complexity index is 611. The highest BCUT2D eigenvalue weighted by molar-refractivity contribution is 6.29. The zero-order valence-electron chi connectivity index (χ0n) is 12.8. The first kappa shape index (κ1) is 16.3. The van der Waals surface area contributed by atoms with Crippen LogP contribution in [0, 0.1) is 0 Å². The third-order valence-electron chi connectivity index (χ3n) is 3.40. The standard InChI is InChI=1S/C17H20ClN3O/c1-3-4-11-21(2)15-8-5-13(6-9-15)17(22)20-14-7-10-16(18)19-12-14/h5-10,12H,3-4,11H2,1-2H3,(H,20,22). The summed E-state index contributed by atoms with van der Waals surface area (Å²) in [6.45, 7) is 3.19. The van der Waals surface area contributed by atoms with Crippen LogP contribution >= 0.6 is 11.6 Å². The fourth-order valence-electron chi connectivity index (χ4n) is 2.04. The highest BCUT2D eigenvalue weighted by Crippen LogP contribution is 2.16. The number of hydrogen-bond donors (Lipinski definition) is 1. The molecule has 1 heterocycles. The maximum atomic E-state index is 12.2. The van der Waals surface area contributed by atoms with Crippen molar-refractivity contribution < 1.29 is 4.79 Å². The first-order chi connectivity index (χ1) is 10.6. The zero-order valence-corrected chi connectivity index (χ0v) is 13.6. The van der Waals surface area contributed by atoms with Crippen LogP contribution in [0.5, 0.6) is 0 Å². The number of carbonyl (C=O) groups is 1. The van der Waals surface area contributed by atoms with Crippen molar-refractivity contribution in [2.24, 2.45) is 0 Å². The SMILES string of the molecule is CCCCN(C)c1ccc(C(=O)Nc2ccc(Cl)nc2)cc1. The summed E-state index contributed by atoms with van der Waals surface area (Å²) in [4.78, 5) is 18.3. The molecule has 0 bridgehead atoms. The molecule has 0 saturated carbocycles. The molecule has 2 rings (SSSR count). The number of amides is 1. The number of halogens is 1. The van der Waals surface area contributed by atoms with Crippen LogP contribution in [-0.2, 0) is 0 Å². The van der Waals surface area contributed by atoms with Crippen molar-refractivity contribution in [1.82, 2.24) is 4.98 Å². The molecule has 0 unspecified atom stereocenters. The summed E-state index contributed by atoms with van der Waals surface area (Å²) >= 11 is 5.72. The van der Waals surface area contributed by atoms with E-state index in [0.717, 1.165) is 18.7 Å². The number of pyridine rings is 1. The summed E-state index contributed by atoms with van der Waals surface area (Å²) in [5, 5.41) is 3.20. The van der Waals surface area contributed by atoms with Crippen molar-refractivity contribution in [1.29, 1.82) is 0 Å². The number of hydrogen-bond acceptors (Lipinski definition) is 3. The van der Waals surface area contributed by atoms with E-state index < -0.39 is 0 Å². The maximum absolute atomic E-state index is 12.2. The number of nitrogens with zero attached hydrogens (tertiary/aromatic N) is 2. The second-order valence-electron chi connectivity index (χ2n) is 5.15. The van der Waals surface area contributed by atoms with Gasteiger partial charge < -0.3 is 10.2 Å². The van der Waals surface area contributed by atoms with Gasteiger partial charge in [0.1, 0.15) is 5.15 Å². The second-order valence-corrected chi connectivity index (χ2v) is 5.53. The normalized spacial score (nSPS) is 10.3. The van der Waals surface area contributed by atoms with Crippen LogP contribution in [0.4, 0.5) is 11.4 Å². The minimum absolute atomic E-state index is 0.160. The molecule has 2 aromatic rings. The number of carbonyl (C=O) groups excluding carboxylic acids is 1. The van der Waals surface area contributed by atoms with Crippen LogP contribution in [0.3, 0.4) is 0 Å². The Morgan fingerprint density at radius 1 is 1.23 bits per heavy atom. The Morgan fingerprint density at radius 2 is 1.95 bits per heavy atom. The Labute approximate surface area is 136 Å². The fraction of sp³-hybridized carbons (Fsp3) is 0.294. The highest BCUT2D eigenvalue weighted by atomic mass is 35.5. The van der Waals surface area contributed by atoms with Gasteiger partial charge in [-0.3, -0.25) is 4.79 Å². The van der Waals surface area contributed by atoms with Crippen molar-refractivity contribution in [3.8, 4) is 0 Å². The molecule has 0 aliphatic carbocycles. The predicted octanol–water partition coefficient (Wildman–Crippen LogP) is 4.22. The molecule has 4 nitrogen and oxygen atoms in total. The lowest BCUT2D eigenvalue weighted by Gasteiger charge is -2.19. The second kappa shape index (κ2) is 7.80. The number of anilines is 2. The molecule has 1 aromatic heterocycles. The van der Waals surface area contributed by atoms with Gasteiger partial charge in [0.25, 0.3) is 5.91 Å². The first-order valence-corrected chi connectivity index (χ1v) is 7.72. The van der Waals surface area contributed by atoms with Gasteiger partial charge in [0.05, 0.1) is 11.9 Å². The van der Waals surface area contributed by atoms with E-state index in [-0.39, 0.29) is 5.91 Å². The smallest absolute Gasteiger partial charge is 0.255 e. The largest absolute Gasteiger partial charge is 0.375 e. The Kier molecular flexibility index (Phi) is 5.78. The van der Waals surface area contributed by atoms with E-state index >= 15 is 0 Å². The summed E-state index contributed by atoms with van der Waals surface area (Å²) < 4.78 is 0. The first-order valence-electron chi connectivity index (χ1n) is 7.34. The lowest BCUT2D eigenvalue weighted by Crippen LogP contribution is -2.18. The van der Waals surface area contributed by atoms with E-state index in [9.17, 15) is 4.79 Å². The van der Waals surface area contributed by atoms with E-state index in [1.54, 1.807) is 12.1 Å². The summed E-state index contributed by atoms with van der Waals surface area (Å²) in [5.41, 5.74) is 2.35. The molecule has 0 aliphatic heterocycles. The van der Waals surface area contributed by atoms with Crippen molar-refractivity contribution in [3.63, 3.8) is 0 Å². The molecule has 0 atom stereocenters. The highest BCUT2D eigenvalue weighted by Gasteiger charge is 2.07. The van der Waals surface area contributed by atoms with E-state index in [4.69, 9.17) is 11.6 Å². The number of unbranched alkanes of at least 4 members (excludes halogenated alkanes) is 1. The maximum Gasteiger partial charge on any atom is 0.255 e. The van der Waals surface area contributed by atoms with Gasteiger partial charge >= 0.3 is 0 Å².